The molecule has 0 aliphatic carbocycles. The van der Waals surface area contributed by atoms with Crippen LogP contribution in [0.3, 0.4) is 0 Å². The largest absolute Gasteiger partial charge is 0.465 e. The van der Waals surface area contributed by atoms with Crippen LogP contribution in [-0.2, 0) is 19.6 Å². The lowest BCUT2D eigenvalue weighted by atomic mass is 10.2. The van der Waals surface area contributed by atoms with Gasteiger partial charge in [-0.05, 0) is 31.5 Å². The minimum Gasteiger partial charge on any atom is -0.465 e. The van der Waals surface area contributed by atoms with Crippen molar-refractivity contribution in [2.75, 3.05) is 6.61 Å². The van der Waals surface area contributed by atoms with Crippen molar-refractivity contribution in [3.63, 3.8) is 0 Å². The molecule has 0 saturated carbocycles. The van der Waals surface area contributed by atoms with E-state index in [1.54, 1.807) is 0 Å². The molecule has 19 heavy (non-hydrogen) atoms. The average molecular weight is 261 g/mol. The van der Waals surface area contributed by atoms with Gasteiger partial charge in [0.25, 0.3) is 0 Å². The minimum atomic E-state index is 0.159. The highest BCUT2D eigenvalue weighted by Gasteiger charge is 2.24. The Morgan fingerprint density at radius 1 is 1.42 bits per heavy atom. The third kappa shape index (κ3) is 2.57. The maximum absolute atomic E-state index is 9.58. The Kier molecular flexibility index (Phi) is 3.40. The molecule has 0 saturated heterocycles. The van der Waals surface area contributed by atoms with Gasteiger partial charge in [0, 0.05) is 25.3 Å². The van der Waals surface area contributed by atoms with E-state index in [0.717, 1.165) is 37.6 Å². The molecule has 0 aromatic carbocycles. The Morgan fingerprint density at radius 2 is 2.32 bits per heavy atom. The Hall–Kier alpha value is -1.59. The number of hydrogen-bond acceptors (Lipinski definition) is 4. The van der Waals surface area contributed by atoms with E-state index in [1.807, 2.05) is 36.0 Å². The number of hydrogen-bond donors (Lipinski definition) is 1. The fraction of sp³-hybridized carbons (Fsp3) is 0.500. The van der Waals surface area contributed by atoms with Crippen LogP contribution in [-0.4, -0.2) is 32.4 Å². The van der Waals surface area contributed by atoms with E-state index in [9.17, 15) is 5.11 Å². The van der Waals surface area contributed by atoms with E-state index >= 15 is 0 Å². The molecule has 1 aliphatic heterocycles. The third-order valence-electron chi connectivity index (χ3n) is 3.73. The highest BCUT2D eigenvalue weighted by molar-refractivity contribution is 5.07. The van der Waals surface area contributed by atoms with Crippen molar-refractivity contribution in [2.24, 2.45) is 0 Å². The summed E-state index contributed by atoms with van der Waals surface area (Å²) in [5, 5.41) is 13.9. The van der Waals surface area contributed by atoms with Gasteiger partial charge in [-0.15, -0.1) is 0 Å². The lowest BCUT2D eigenvalue weighted by Gasteiger charge is -2.26. The van der Waals surface area contributed by atoms with Crippen LogP contribution in [0.2, 0.25) is 0 Å². The van der Waals surface area contributed by atoms with Crippen molar-refractivity contribution in [1.82, 2.24) is 14.7 Å². The van der Waals surface area contributed by atoms with Gasteiger partial charge in [-0.1, -0.05) is 0 Å². The SMILES string of the molecule is Cc1ccc(CN2Cc3ccnn3CCC2CO)o1. The van der Waals surface area contributed by atoms with Crippen molar-refractivity contribution < 1.29 is 9.52 Å². The summed E-state index contributed by atoms with van der Waals surface area (Å²) in [6.45, 7) is 4.51. The monoisotopic (exact) mass is 261 g/mol. The molecule has 102 valence electrons. The number of aliphatic hydroxyl groups is 1. The number of aryl methyl sites for hydroxylation is 2. The summed E-state index contributed by atoms with van der Waals surface area (Å²) in [5.41, 5.74) is 1.19. The second-order valence-corrected chi connectivity index (χ2v) is 5.09. The Balaban J connectivity index is 1.80. The summed E-state index contributed by atoms with van der Waals surface area (Å²) in [4.78, 5) is 2.26. The number of fused-ring (bicyclic) bond motifs is 1. The molecule has 2 aromatic rings. The van der Waals surface area contributed by atoms with E-state index in [4.69, 9.17) is 4.42 Å². The Morgan fingerprint density at radius 3 is 3.05 bits per heavy atom. The number of aliphatic hydroxyl groups excluding tert-OH is 1. The van der Waals surface area contributed by atoms with Crippen LogP contribution >= 0.6 is 0 Å². The average Bonchev–Trinajstić information content (AvgIpc) is 2.96. The van der Waals surface area contributed by atoms with Gasteiger partial charge in [-0.3, -0.25) is 9.58 Å². The second-order valence-electron chi connectivity index (χ2n) is 5.09. The second kappa shape index (κ2) is 5.19. The minimum absolute atomic E-state index is 0.159. The number of aromatic nitrogens is 2. The maximum atomic E-state index is 9.58. The van der Waals surface area contributed by atoms with E-state index in [2.05, 4.69) is 10.00 Å². The molecule has 0 bridgehead atoms. The maximum Gasteiger partial charge on any atom is 0.118 e. The first-order valence-electron chi connectivity index (χ1n) is 6.67. The number of nitrogens with zero attached hydrogens (tertiary/aromatic N) is 3. The molecule has 5 nitrogen and oxygen atoms in total. The zero-order valence-electron chi connectivity index (χ0n) is 11.1. The van der Waals surface area contributed by atoms with Crippen molar-refractivity contribution in [1.29, 1.82) is 0 Å². The standard InChI is InChI=1S/C14H19N3O2/c1-11-2-3-14(19-11)9-16-8-12-4-6-15-17(12)7-5-13(16)10-18/h2-4,6,13,18H,5,7-10H2,1H3. The normalized spacial score (nSPS) is 20.2. The van der Waals surface area contributed by atoms with Gasteiger partial charge in [-0.2, -0.15) is 5.10 Å². The molecule has 0 spiro atoms. The van der Waals surface area contributed by atoms with E-state index < -0.39 is 0 Å². The predicted octanol–water partition coefficient (Wildman–Crippen LogP) is 1.55. The zero-order valence-corrected chi connectivity index (χ0v) is 11.1. The van der Waals surface area contributed by atoms with E-state index in [0.29, 0.717) is 0 Å². The van der Waals surface area contributed by atoms with Gasteiger partial charge in [0.15, 0.2) is 0 Å². The molecule has 0 fully saturated rings. The van der Waals surface area contributed by atoms with Gasteiger partial charge in [0.1, 0.15) is 11.5 Å². The van der Waals surface area contributed by atoms with Crippen molar-refractivity contribution in [3.8, 4) is 0 Å². The first-order chi connectivity index (χ1) is 9.26. The molecule has 1 N–H and O–H groups in total. The van der Waals surface area contributed by atoms with Gasteiger partial charge >= 0.3 is 0 Å². The molecular weight excluding hydrogens is 242 g/mol. The van der Waals surface area contributed by atoms with E-state index in [-0.39, 0.29) is 12.6 Å². The summed E-state index contributed by atoms with van der Waals surface area (Å²) < 4.78 is 7.67. The number of rotatable bonds is 3. The first-order valence-corrected chi connectivity index (χ1v) is 6.67. The van der Waals surface area contributed by atoms with Crippen LogP contribution < -0.4 is 0 Å². The van der Waals surface area contributed by atoms with Gasteiger partial charge in [0.05, 0.1) is 18.8 Å². The molecule has 5 heteroatoms. The quantitative estimate of drug-likeness (QED) is 0.911. The first kappa shape index (κ1) is 12.4. The summed E-state index contributed by atoms with van der Waals surface area (Å²) in [6, 6.07) is 6.18. The molecule has 2 aromatic heterocycles. The van der Waals surface area contributed by atoms with Gasteiger partial charge in [0.2, 0.25) is 0 Å². The Bertz CT molecular complexity index is 546. The van der Waals surface area contributed by atoms with Crippen LogP contribution in [0.15, 0.2) is 28.8 Å². The third-order valence-corrected chi connectivity index (χ3v) is 3.73. The summed E-state index contributed by atoms with van der Waals surface area (Å²) in [6.07, 6.45) is 2.74. The topological polar surface area (TPSA) is 54.4 Å². The van der Waals surface area contributed by atoms with Crippen LogP contribution in [0.25, 0.3) is 0 Å². The fourth-order valence-corrected chi connectivity index (χ4v) is 2.65. The summed E-state index contributed by atoms with van der Waals surface area (Å²) in [5.74, 6) is 1.87. The fourth-order valence-electron chi connectivity index (χ4n) is 2.65. The molecule has 3 rings (SSSR count). The van der Waals surface area contributed by atoms with Gasteiger partial charge in [-0.25, -0.2) is 0 Å². The lowest BCUT2D eigenvalue weighted by Crippen LogP contribution is -2.36. The summed E-state index contributed by atoms with van der Waals surface area (Å²) in [7, 11) is 0. The van der Waals surface area contributed by atoms with Crippen molar-refractivity contribution in [3.05, 3.63) is 41.6 Å². The Labute approximate surface area is 112 Å². The van der Waals surface area contributed by atoms with Crippen LogP contribution in [0.1, 0.15) is 23.6 Å². The highest BCUT2D eigenvalue weighted by Crippen LogP contribution is 2.20. The zero-order chi connectivity index (χ0) is 13.2. The lowest BCUT2D eigenvalue weighted by molar-refractivity contribution is 0.101. The smallest absolute Gasteiger partial charge is 0.118 e. The van der Waals surface area contributed by atoms with Crippen LogP contribution in [0.4, 0.5) is 0 Å². The van der Waals surface area contributed by atoms with Crippen LogP contribution in [0, 0.1) is 6.92 Å². The predicted molar refractivity (Wildman–Crippen MR) is 70.4 cm³/mol. The molecule has 3 heterocycles. The summed E-state index contributed by atoms with van der Waals surface area (Å²) >= 11 is 0. The molecule has 1 unspecified atom stereocenters. The van der Waals surface area contributed by atoms with Crippen molar-refractivity contribution >= 4 is 0 Å². The van der Waals surface area contributed by atoms with Gasteiger partial charge < -0.3 is 9.52 Å². The number of furan rings is 1. The highest BCUT2D eigenvalue weighted by atomic mass is 16.3. The molecular formula is C14H19N3O2. The molecule has 0 radical (unpaired) electrons. The molecule has 1 atom stereocenters. The molecule has 0 amide bonds. The van der Waals surface area contributed by atoms with Crippen LogP contribution in [0.5, 0.6) is 0 Å². The van der Waals surface area contributed by atoms with E-state index in [1.165, 1.54) is 5.69 Å². The molecule has 1 aliphatic rings. The van der Waals surface area contributed by atoms with Crippen molar-refractivity contribution in [2.45, 2.75) is 39.0 Å².